The number of nitrogens with zero attached hydrogens (tertiary/aromatic N) is 2. The predicted octanol–water partition coefficient (Wildman–Crippen LogP) is 2.08. The van der Waals surface area contributed by atoms with E-state index >= 15 is 0 Å². The van der Waals surface area contributed by atoms with Crippen molar-refractivity contribution in [1.29, 1.82) is 5.26 Å². The average Bonchev–Trinajstić information content (AvgIpc) is 2.16. The van der Waals surface area contributed by atoms with E-state index in [0.717, 1.165) is 25.8 Å². The van der Waals surface area contributed by atoms with Crippen LogP contribution >= 0.6 is 0 Å². The molecule has 0 radical (unpaired) electrons. The van der Waals surface area contributed by atoms with Crippen LogP contribution in [0.4, 0.5) is 0 Å². The Morgan fingerprint density at radius 3 is 3.08 bits per heavy atom. The second-order valence-corrected chi connectivity index (χ2v) is 4.17. The van der Waals surface area contributed by atoms with Crippen molar-refractivity contribution >= 4 is 0 Å². The van der Waals surface area contributed by atoms with Crippen molar-refractivity contribution in [3.63, 3.8) is 0 Å². The summed E-state index contributed by atoms with van der Waals surface area (Å²) in [6.07, 6.45) is 5.76. The fourth-order valence-electron chi connectivity index (χ4n) is 2.55. The first-order valence-corrected chi connectivity index (χ1v) is 5.13. The van der Waals surface area contributed by atoms with Crippen LogP contribution in [0.15, 0.2) is 12.2 Å². The van der Waals surface area contributed by atoms with E-state index in [1.54, 1.807) is 0 Å². The third-order valence-corrected chi connectivity index (χ3v) is 3.28. The van der Waals surface area contributed by atoms with E-state index in [-0.39, 0.29) is 6.04 Å². The quantitative estimate of drug-likeness (QED) is 0.528. The summed E-state index contributed by atoms with van der Waals surface area (Å²) in [7, 11) is 0. The van der Waals surface area contributed by atoms with Crippen molar-refractivity contribution < 1.29 is 0 Å². The largest absolute Gasteiger partial charge is 0.284 e. The molecule has 2 rings (SSSR count). The van der Waals surface area contributed by atoms with Gasteiger partial charge in [0.1, 0.15) is 0 Å². The molecule has 0 aromatic heterocycles. The van der Waals surface area contributed by atoms with E-state index in [9.17, 15) is 0 Å². The molecule has 2 aliphatic heterocycles. The van der Waals surface area contributed by atoms with E-state index in [1.807, 2.05) is 0 Å². The van der Waals surface area contributed by atoms with Crippen LogP contribution in [-0.4, -0.2) is 23.5 Å². The molecule has 0 bridgehead atoms. The minimum absolute atomic E-state index is 0.187. The van der Waals surface area contributed by atoms with Gasteiger partial charge in [-0.25, -0.2) is 0 Å². The predicted molar refractivity (Wildman–Crippen MR) is 52.1 cm³/mol. The lowest BCUT2D eigenvalue weighted by Gasteiger charge is -2.42. The molecule has 0 aliphatic carbocycles. The highest BCUT2D eigenvalue weighted by Crippen LogP contribution is 2.31. The SMILES string of the molecule is C=C1CCN2C(C#N)CCC[C@H]2C1. The molecule has 70 valence electrons. The van der Waals surface area contributed by atoms with Crippen LogP contribution in [0.1, 0.15) is 32.1 Å². The molecule has 0 aromatic carbocycles. The fraction of sp³-hybridized carbons (Fsp3) is 0.727. The lowest BCUT2D eigenvalue weighted by Crippen LogP contribution is -2.48. The Bertz CT molecular complexity index is 251. The maximum atomic E-state index is 8.98. The normalized spacial score (nSPS) is 35.2. The Kier molecular flexibility index (Phi) is 2.37. The van der Waals surface area contributed by atoms with Crippen molar-refractivity contribution in [3.8, 4) is 6.07 Å². The maximum Gasteiger partial charge on any atom is 0.0980 e. The smallest absolute Gasteiger partial charge is 0.0980 e. The minimum Gasteiger partial charge on any atom is -0.284 e. The molecule has 2 atom stereocenters. The van der Waals surface area contributed by atoms with Gasteiger partial charge in [0.05, 0.1) is 12.1 Å². The van der Waals surface area contributed by atoms with Crippen LogP contribution in [0.3, 0.4) is 0 Å². The zero-order chi connectivity index (χ0) is 9.26. The topological polar surface area (TPSA) is 27.0 Å². The van der Waals surface area contributed by atoms with Crippen molar-refractivity contribution in [3.05, 3.63) is 12.2 Å². The van der Waals surface area contributed by atoms with Crippen LogP contribution < -0.4 is 0 Å². The molecule has 0 saturated carbocycles. The molecule has 2 fully saturated rings. The molecule has 1 unspecified atom stereocenters. The molecule has 0 amide bonds. The van der Waals surface area contributed by atoms with Gasteiger partial charge in [-0.1, -0.05) is 12.2 Å². The summed E-state index contributed by atoms with van der Waals surface area (Å²) < 4.78 is 0. The van der Waals surface area contributed by atoms with Crippen molar-refractivity contribution in [1.82, 2.24) is 4.90 Å². The number of hydrogen-bond donors (Lipinski definition) is 0. The van der Waals surface area contributed by atoms with Gasteiger partial charge in [0.25, 0.3) is 0 Å². The molecule has 0 N–H and O–H groups in total. The summed E-state index contributed by atoms with van der Waals surface area (Å²) in [6.45, 7) is 5.10. The first-order valence-electron chi connectivity index (χ1n) is 5.13. The van der Waals surface area contributed by atoms with Crippen LogP contribution in [0.2, 0.25) is 0 Å². The van der Waals surface area contributed by atoms with Gasteiger partial charge in [-0.15, -0.1) is 0 Å². The highest BCUT2D eigenvalue weighted by atomic mass is 15.2. The van der Waals surface area contributed by atoms with Gasteiger partial charge in [-0.05, 0) is 32.1 Å². The fourth-order valence-corrected chi connectivity index (χ4v) is 2.55. The molecular formula is C11H16N2. The van der Waals surface area contributed by atoms with Crippen LogP contribution in [0.25, 0.3) is 0 Å². The average molecular weight is 176 g/mol. The second-order valence-electron chi connectivity index (χ2n) is 4.17. The van der Waals surface area contributed by atoms with E-state index in [0.29, 0.717) is 6.04 Å². The Labute approximate surface area is 79.8 Å². The van der Waals surface area contributed by atoms with Gasteiger partial charge in [-0.2, -0.15) is 5.26 Å². The highest BCUT2D eigenvalue weighted by Gasteiger charge is 2.32. The lowest BCUT2D eigenvalue weighted by molar-refractivity contribution is 0.0964. The standard InChI is InChI=1S/C11H16N2/c1-9-5-6-13-10(7-9)3-2-4-11(13)8-12/h10-11H,1-7H2/t10-,11?/m0/s1. The van der Waals surface area contributed by atoms with E-state index < -0.39 is 0 Å². The first-order chi connectivity index (χ1) is 6.31. The zero-order valence-corrected chi connectivity index (χ0v) is 8.00. The molecule has 2 nitrogen and oxygen atoms in total. The number of fused-ring (bicyclic) bond motifs is 1. The Morgan fingerprint density at radius 2 is 2.31 bits per heavy atom. The Hall–Kier alpha value is -0.810. The third kappa shape index (κ3) is 1.62. The molecule has 0 aromatic rings. The Balaban J connectivity index is 2.08. The molecule has 2 aliphatic rings. The summed E-state index contributed by atoms with van der Waals surface area (Å²) in [6, 6.07) is 3.23. The van der Waals surface area contributed by atoms with Gasteiger partial charge in [0, 0.05) is 12.6 Å². The summed E-state index contributed by atoms with van der Waals surface area (Å²) in [5, 5.41) is 8.98. The molecule has 2 saturated heterocycles. The number of hydrogen-bond acceptors (Lipinski definition) is 2. The van der Waals surface area contributed by atoms with Gasteiger partial charge in [0.2, 0.25) is 0 Å². The number of piperidine rings is 2. The number of nitriles is 1. The molecule has 0 spiro atoms. The van der Waals surface area contributed by atoms with Crippen LogP contribution in [0, 0.1) is 11.3 Å². The van der Waals surface area contributed by atoms with Crippen molar-refractivity contribution in [2.24, 2.45) is 0 Å². The van der Waals surface area contributed by atoms with E-state index in [4.69, 9.17) is 5.26 Å². The summed E-state index contributed by atoms with van der Waals surface area (Å²) in [5.74, 6) is 0. The highest BCUT2D eigenvalue weighted by molar-refractivity contribution is 5.08. The van der Waals surface area contributed by atoms with Gasteiger partial charge in [0.15, 0.2) is 0 Å². The minimum atomic E-state index is 0.187. The van der Waals surface area contributed by atoms with Gasteiger partial charge in [-0.3, -0.25) is 4.90 Å². The van der Waals surface area contributed by atoms with Crippen LogP contribution in [-0.2, 0) is 0 Å². The summed E-state index contributed by atoms with van der Waals surface area (Å²) in [5.41, 5.74) is 1.37. The Morgan fingerprint density at radius 1 is 1.46 bits per heavy atom. The third-order valence-electron chi connectivity index (χ3n) is 3.28. The zero-order valence-electron chi connectivity index (χ0n) is 8.00. The molecule has 2 heterocycles. The summed E-state index contributed by atoms with van der Waals surface area (Å²) in [4.78, 5) is 2.39. The second kappa shape index (κ2) is 3.51. The van der Waals surface area contributed by atoms with Crippen LogP contribution in [0.5, 0.6) is 0 Å². The maximum absolute atomic E-state index is 8.98. The first kappa shape index (κ1) is 8.77. The van der Waals surface area contributed by atoms with Crippen molar-refractivity contribution in [2.45, 2.75) is 44.2 Å². The van der Waals surface area contributed by atoms with Gasteiger partial charge < -0.3 is 0 Å². The lowest BCUT2D eigenvalue weighted by atomic mass is 9.87. The summed E-state index contributed by atoms with van der Waals surface area (Å²) >= 11 is 0. The molecule has 13 heavy (non-hydrogen) atoms. The van der Waals surface area contributed by atoms with E-state index in [2.05, 4.69) is 17.5 Å². The van der Waals surface area contributed by atoms with E-state index in [1.165, 1.54) is 18.4 Å². The molecule has 2 heteroatoms. The van der Waals surface area contributed by atoms with Crippen molar-refractivity contribution in [2.75, 3.05) is 6.54 Å². The van der Waals surface area contributed by atoms with Gasteiger partial charge >= 0.3 is 0 Å². The molecular weight excluding hydrogens is 160 g/mol. The number of rotatable bonds is 0. The monoisotopic (exact) mass is 176 g/mol.